The first-order valence-electron chi connectivity index (χ1n) is 6.01. The number of hydrogen-bond donors (Lipinski definition) is 1. The van der Waals surface area contributed by atoms with E-state index in [4.69, 9.17) is 16.3 Å². The van der Waals surface area contributed by atoms with Crippen LogP contribution >= 0.6 is 11.6 Å². The van der Waals surface area contributed by atoms with Gasteiger partial charge in [-0.05, 0) is 24.6 Å². The number of aromatic nitrogens is 3. The molecule has 0 aliphatic rings. The van der Waals surface area contributed by atoms with E-state index in [1.165, 1.54) is 30.9 Å². The second-order valence-corrected chi connectivity index (χ2v) is 6.87. The Morgan fingerprint density at radius 1 is 1.43 bits per heavy atom. The van der Waals surface area contributed by atoms with Gasteiger partial charge in [-0.3, -0.25) is 5.10 Å². The van der Waals surface area contributed by atoms with E-state index in [1.807, 2.05) is 0 Å². The maximum absolute atomic E-state index is 12.6. The van der Waals surface area contributed by atoms with Crippen LogP contribution in [0.2, 0.25) is 5.02 Å². The van der Waals surface area contributed by atoms with Crippen molar-refractivity contribution in [2.75, 3.05) is 14.2 Å². The molecule has 0 fully saturated rings. The number of hydrogen-bond acceptors (Lipinski definition) is 5. The summed E-state index contributed by atoms with van der Waals surface area (Å²) in [6, 6.07) is 2.99. The third-order valence-electron chi connectivity index (χ3n) is 2.97. The van der Waals surface area contributed by atoms with Gasteiger partial charge < -0.3 is 4.74 Å². The van der Waals surface area contributed by atoms with Gasteiger partial charge in [0.05, 0.1) is 23.6 Å². The quantitative estimate of drug-likeness (QED) is 0.899. The zero-order valence-corrected chi connectivity index (χ0v) is 13.4. The van der Waals surface area contributed by atoms with E-state index in [-0.39, 0.29) is 16.5 Å². The normalized spacial score (nSPS) is 11.9. The highest BCUT2D eigenvalue weighted by atomic mass is 35.5. The molecule has 0 atom stereocenters. The zero-order valence-electron chi connectivity index (χ0n) is 11.8. The Morgan fingerprint density at radius 3 is 2.71 bits per heavy atom. The lowest BCUT2D eigenvalue weighted by Crippen LogP contribution is -2.27. The van der Waals surface area contributed by atoms with Crippen LogP contribution in [0.15, 0.2) is 23.4 Å². The lowest BCUT2D eigenvalue weighted by molar-refractivity contribution is 0.414. The van der Waals surface area contributed by atoms with E-state index >= 15 is 0 Å². The van der Waals surface area contributed by atoms with Crippen LogP contribution in [0.3, 0.4) is 0 Å². The zero-order chi connectivity index (χ0) is 15.6. The van der Waals surface area contributed by atoms with E-state index < -0.39 is 10.0 Å². The molecule has 7 nitrogen and oxygen atoms in total. The van der Waals surface area contributed by atoms with Crippen LogP contribution < -0.4 is 4.74 Å². The van der Waals surface area contributed by atoms with Crippen molar-refractivity contribution in [1.29, 1.82) is 0 Å². The molecule has 9 heteroatoms. The molecule has 0 unspecified atom stereocenters. The summed E-state index contributed by atoms with van der Waals surface area (Å²) in [6.45, 7) is 1.78. The fraction of sp³-hybridized carbons (Fsp3) is 0.333. The molecular weight excluding hydrogens is 316 g/mol. The van der Waals surface area contributed by atoms with Crippen LogP contribution in [0.1, 0.15) is 11.4 Å². The molecule has 2 rings (SSSR count). The lowest BCUT2D eigenvalue weighted by atomic mass is 10.2. The molecule has 0 amide bonds. The Morgan fingerprint density at radius 2 is 2.14 bits per heavy atom. The highest BCUT2D eigenvalue weighted by Gasteiger charge is 2.25. The highest BCUT2D eigenvalue weighted by molar-refractivity contribution is 7.89. The van der Waals surface area contributed by atoms with Crippen LogP contribution in [0.4, 0.5) is 0 Å². The van der Waals surface area contributed by atoms with Crippen LogP contribution in [0.5, 0.6) is 5.75 Å². The van der Waals surface area contributed by atoms with E-state index in [1.54, 1.807) is 13.0 Å². The van der Waals surface area contributed by atoms with Gasteiger partial charge in [0.15, 0.2) is 0 Å². The standard InChI is InChI=1S/C12H15ClN4O3S/c1-8-4-10(20-3)9(13)5-11(8)21(18,19)17(2)6-12-14-7-15-16-12/h4-5,7H,6H2,1-3H3,(H,14,15,16). The largest absolute Gasteiger partial charge is 0.495 e. The minimum absolute atomic E-state index is 0.0887. The summed E-state index contributed by atoms with van der Waals surface area (Å²) in [7, 11) is -0.743. The molecule has 2 aromatic rings. The molecule has 1 aromatic carbocycles. The van der Waals surface area contributed by atoms with E-state index in [0.717, 1.165) is 0 Å². The summed E-state index contributed by atoms with van der Waals surface area (Å²) >= 11 is 6.02. The number of sulfonamides is 1. The van der Waals surface area contributed by atoms with Crippen LogP contribution in [-0.2, 0) is 16.6 Å². The molecule has 114 valence electrons. The second-order valence-electron chi connectivity index (χ2n) is 4.45. The first-order valence-corrected chi connectivity index (χ1v) is 7.82. The molecular formula is C12H15ClN4O3S. The van der Waals surface area contributed by atoms with Gasteiger partial charge in [0.1, 0.15) is 17.9 Å². The summed E-state index contributed by atoms with van der Waals surface area (Å²) < 4.78 is 31.4. The number of methoxy groups -OCH3 is 1. The average molecular weight is 331 g/mol. The number of ether oxygens (including phenoxy) is 1. The van der Waals surface area contributed by atoms with Crippen molar-refractivity contribution in [2.24, 2.45) is 0 Å². The van der Waals surface area contributed by atoms with Gasteiger partial charge in [-0.2, -0.15) is 9.40 Å². The molecule has 1 heterocycles. The van der Waals surface area contributed by atoms with E-state index in [2.05, 4.69) is 15.2 Å². The molecule has 0 radical (unpaired) electrons. The van der Waals surface area contributed by atoms with Crippen molar-refractivity contribution < 1.29 is 13.2 Å². The Kier molecular flexibility index (Phi) is 4.50. The van der Waals surface area contributed by atoms with Gasteiger partial charge in [0, 0.05) is 7.05 Å². The molecule has 0 saturated heterocycles. The Labute approximate surface area is 128 Å². The minimum Gasteiger partial charge on any atom is -0.495 e. The first-order chi connectivity index (χ1) is 9.86. The molecule has 1 N–H and O–H groups in total. The van der Waals surface area contributed by atoms with Crippen molar-refractivity contribution in [3.63, 3.8) is 0 Å². The monoisotopic (exact) mass is 330 g/mol. The number of aryl methyl sites for hydroxylation is 1. The second kappa shape index (κ2) is 6.00. The smallest absolute Gasteiger partial charge is 0.243 e. The number of halogens is 1. The van der Waals surface area contributed by atoms with Gasteiger partial charge in [-0.15, -0.1) is 0 Å². The predicted octanol–water partition coefficient (Wildman–Crippen LogP) is 1.60. The SMILES string of the molecule is COc1cc(C)c(S(=O)(=O)N(C)Cc2ncn[nH]2)cc1Cl. The fourth-order valence-electron chi connectivity index (χ4n) is 1.84. The van der Waals surface area contributed by atoms with Crippen molar-refractivity contribution in [1.82, 2.24) is 19.5 Å². The lowest BCUT2D eigenvalue weighted by Gasteiger charge is -2.18. The maximum Gasteiger partial charge on any atom is 0.243 e. The maximum atomic E-state index is 12.6. The number of H-pyrrole nitrogens is 1. The van der Waals surface area contributed by atoms with Crippen molar-refractivity contribution >= 4 is 21.6 Å². The summed E-state index contributed by atoms with van der Waals surface area (Å²) in [5, 5.41) is 6.56. The van der Waals surface area contributed by atoms with E-state index in [0.29, 0.717) is 17.1 Å². The minimum atomic E-state index is -3.69. The van der Waals surface area contributed by atoms with Crippen molar-refractivity contribution in [2.45, 2.75) is 18.4 Å². The van der Waals surface area contributed by atoms with Gasteiger partial charge in [-0.1, -0.05) is 11.6 Å². The first kappa shape index (κ1) is 15.7. The fourth-order valence-corrected chi connectivity index (χ4v) is 3.51. The van der Waals surface area contributed by atoms with E-state index in [9.17, 15) is 8.42 Å². The molecule has 21 heavy (non-hydrogen) atoms. The molecule has 0 saturated carbocycles. The van der Waals surface area contributed by atoms with Crippen molar-refractivity contribution in [3.8, 4) is 5.75 Å². The Balaban J connectivity index is 2.37. The molecule has 1 aromatic heterocycles. The predicted molar refractivity (Wildman–Crippen MR) is 77.8 cm³/mol. The summed E-state index contributed by atoms with van der Waals surface area (Å²) in [5.41, 5.74) is 0.556. The summed E-state index contributed by atoms with van der Waals surface area (Å²) in [4.78, 5) is 4.05. The molecule has 0 aliphatic heterocycles. The number of aromatic amines is 1. The van der Waals surface area contributed by atoms with Crippen molar-refractivity contribution in [3.05, 3.63) is 34.9 Å². The highest BCUT2D eigenvalue weighted by Crippen LogP contribution is 2.31. The topological polar surface area (TPSA) is 88.2 Å². The van der Waals surface area contributed by atoms with Crippen LogP contribution in [0, 0.1) is 6.92 Å². The van der Waals surface area contributed by atoms with Gasteiger partial charge in [-0.25, -0.2) is 13.4 Å². The van der Waals surface area contributed by atoms with Crippen LogP contribution in [-0.4, -0.2) is 42.1 Å². The average Bonchev–Trinajstić information content (AvgIpc) is 2.93. The van der Waals surface area contributed by atoms with Crippen LogP contribution in [0.25, 0.3) is 0 Å². The molecule has 0 bridgehead atoms. The number of nitrogens with one attached hydrogen (secondary N) is 1. The number of rotatable bonds is 5. The third-order valence-corrected chi connectivity index (χ3v) is 5.22. The summed E-state index contributed by atoms with van der Waals surface area (Å²) in [5.74, 6) is 0.893. The Bertz CT molecular complexity index is 731. The van der Waals surface area contributed by atoms with Gasteiger partial charge in [0.25, 0.3) is 0 Å². The molecule has 0 spiro atoms. The number of benzene rings is 1. The third kappa shape index (κ3) is 3.17. The Hall–Kier alpha value is -1.64. The van der Waals surface area contributed by atoms with Gasteiger partial charge in [0.2, 0.25) is 10.0 Å². The summed E-state index contributed by atoms with van der Waals surface area (Å²) in [6.07, 6.45) is 1.32. The van der Waals surface area contributed by atoms with Gasteiger partial charge >= 0.3 is 0 Å². The molecule has 0 aliphatic carbocycles. The number of nitrogens with zero attached hydrogens (tertiary/aromatic N) is 3.